The van der Waals surface area contributed by atoms with Gasteiger partial charge in [-0.25, -0.2) is 4.79 Å². The summed E-state index contributed by atoms with van der Waals surface area (Å²) in [5, 5.41) is 47.3. The molecule has 0 spiro atoms. The molecule has 1 saturated heterocycles. The first kappa shape index (κ1) is 20.3. The predicted octanol–water partition coefficient (Wildman–Crippen LogP) is -3.99. The lowest BCUT2D eigenvalue weighted by Crippen LogP contribution is -2.59. The van der Waals surface area contributed by atoms with Gasteiger partial charge in [-0.2, -0.15) is 0 Å². The molecule has 0 saturated carbocycles. The molecule has 2 amide bonds. The van der Waals surface area contributed by atoms with Crippen molar-refractivity contribution in [2.75, 3.05) is 13.7 Å². The van der Waals surface area contributed by atoms with Gasteiger partial charge in [-0.1, -0.05) is 0 Å². The first-order valence-corrected chi connectivity index (χ1v) is 7.17. The summed E-state index contributed by atoms with van der Waals surface area (Å²) >= 11 is 0. The number of ether oxygens (including phenoxy) is 1. The van der Waals surface area contributed by atoms with Crippen LogP contribution in [-0.4, -0.2) is 98.4 Å². The fourth-order valence-corrected chi connectivity index (χ4v) is 2.42. The highest BCUT2D eigenvalue weighted by Crippen LogP contribution is 2.24. The zero-order valence-corrected chi connectivity index (χ0v) is 13.0. The number of rotatable bonds is 7. The normalized spacial score (nSPS) is 31.3. The van der Waals surface area contributed by atoms with E-state index in [2.05, 4.69) is 0 Å². The van der Waals surface area contributed by atoms with E-state index in [9.17, 15) is 29.7 Å². The molecule has 7 N–H and O–H groups in total. The molecule has 138 valence electrons. The number of nitrogens with zero attached hydrogens (tertiary/aromatic N) is 1. The Morgan fingerprint density at radius 2 is 1.67 bits per heavy atom. The van der Waals surface area contributed by atoms with Crippen LogP contribution in [0.5, 0.6) is 0 Å². The first-order valence-electron chi connectivity index (χ1n) is 7.17. The third-order valence-corrected chi connectivity index (χ3v) is 3.91. The molecule has 0 aromatic rings. The Bertz CT molecular complexity index is 484. The number of aliphatic carboxylic acids is 1. The van der Waals surface area contributed by atoms with E-state index >= 15 is 0 Å². The molecular formula is C13H22N2O9. The number of primary amides is 1. The van der Waals surface area contributed by atoms with Crippen LogP contribution in [0.2, 0.25) is 0 Å². The van der Waals surface area contributed by atoms with Gasteiger partial charge in [0.25, 0.3) is 0 Å². The number of hydrogen-bond acceptors (Lipinski definition) is 8. The van der Waals surface area contributed by atoms with Gasteiger partial charge in [0.1, 0.15) is 30.5 Å². The average molecular weight is 350 g/mol. The lowest BCUT2D eigenvalue weighted by molar-refractivity contribution is -0.230. The molecule has 1 aliphatic rings. The van der Waals surface area contributed by atoms with Gasteiger partial charge in [0.2, 0.25) is 11.8 Å². The molecule has 1 heterocycles. The van der Waals surface area contributed by atoms with E-state index in [0.29, 0.717) is 0 Å². The second-order valence-electron chi connectivity index (χ2n) is 5.60. The van der Waals surface area contributed by atoms with Crippen molar-refractivity contribution in [3.63, 3.8) is 0 Å². The molecule has 1 rings (SSSR count). The molecule has 24 heavy (non-hydrogen) atoms. The van der Waals surface area contributed by atoms with Crippen LogP contribution in [0, 0.1) is 0 Å². The van der Waals surface area contributed by atoms with E-state index in [1.807, 2.05) is 0 Å². The summed E-state index contributed by atoms with van der Waals surface area (Å²) in [6, 6.07) is -1.49. The molecule has 0 aromatic carbocycles. The Morgan fingerprint density at radius 1 is 1.12 bits per heavy atom. The summed E-state index contributed by atoms with van der Waals surface area (Å²) in [5.41, 5.74) is 4.95. The summed E-state index contributed by atoms with van der Waals surface area (Å²) < 4.78 is 5.18. The van der Waals surface area contributed by atoms with E-state index in [4.69, 9.17) is 20.7 Å². The van der Waals surface area contributed by atoms with E-state index in [1.54, 1.807) is 0 Å². The Morgan fingerprint density at radius 3 is 2.12 bits per heavy atom. The number of carbonyl (C=O) groups is 3. The third kappa shape index (κ3) is 4.61. The van der Waals surface area contributed by atoms with Crippen LogP contribution in [0.1, 0.15) is 12.8 Å². The van der Waals surface area contributed by atoms with Crippen molar-refractivity contribution < 1.29 is 44.7 Å². The topological polar surface area (TPSA) is 191 Å². The average Bonchev–Trinajstić information content (AvgIpc) is 2.51. The zero-order chi connectivity index (χ0) is 18.6. The van der Waals surface area contributed by atoms with Crippen LogP contribution >= 0.6 is 0 Å². The molecule has 6 atom stereocenters. The van der Waals surface area contributed by atoms with Crippen LogP contribution in [0.4, 0.5) is 0 Å². The molecule has 0 aromatic heterocycles. The molecule has 0 bridgehead atoms. The first-order chi connectivity index (χ1) is 11.1. The SMILES string of the molecule is CN(C(=O)C[C@H]1O[C@H](CO)[C@H](O)[C@H](O)[C@H]1O)[C@@H](CC(N)=O)C(=O)O. The van der Waals surface area contributed by atoms with E-state index in [1.165, 1.54) is 0 Å². The number of likely N-dealkylation sites (N-methyl/N-ethyl adjacent to an activating group) is 1. The molecule has 0 unspecified atom stereocenters. The zero-order valence-electron chi connectivity index (χ0n) is 13.0. The van der Waals surface area contributed by atoms with Crippen molar-refractivity contribution in [1.82, 2.24) is 4.90 Å². The van der Waals surface area contributed by atoms with Crippen molar-refractivity contribution in [2.45, 2.75) is 49.4 Å². The van der Waals surface area contributed by atoms with E-state index in [-0.39, 0.29) is 0 Å². The fourth-order valence-electron chi connectivity index (χ4n) is 2.42. The Hall–Kier alpha value is -1.79. The van der Waals surface area contributed by atoms with Crippen LogP contribution in [0.25, 0.3) is 0 Å². The fraction of sp³-hybridized carbons (Fsp3) is 0.769. The standard InChI is InChI=1S/C13H22N2O9/c1-15(5(13(22)23)2-8(14)17)9(18)3-6-10(19)12(21)11(20)7(4-16)24-6/h5-7,10-12,16,19-21H,2-4H2,1H3,(H2,14,17)(H,22,23)/t5-,6+,7+,10-,11-,12+/m0/s1. The van der Waals surface area contributed by atoms with Crippen molar-refractivity contribution in [3.05, 3.63) is 0 Å². The number of aliphatic hydroxyl groups excluding tert-OH is 4. The molecular weight excluding hydrogens is 328 g/mol. The lowest BCUT2D eigenvalue weighted by atomic mass is 9.93. The third-order valence-electron chi connectivity index (χ3n) is 3.91. The highest BCUT2D eigenvalue weighted by Gasteiger charge is 2.44. The minimum atomic E-state index is -1.64. The van der Waals surface area contributed by atoms with Gasteiger partial charge < -0.3 is 40.9 Å². The van der Waals surface area contributed by atoms with Crippen molar-refractivity contribution in [2.24, 2.45) is 5.73 Å². The summed E-state index contributed by atoms with van der Waals surface area (Å²) in [6.07, 6.45) is -8.37. The molecule has 1 aliphatic heterocycles. The van der Waals surface area contributed by atoms with Crippen LogP contribution in [0.15, 0.2) is 0 Å². The maximum atomic E-state index is 12.2. The summed E-state index contributed by atoms with van der Waals surface area (Å²) in [7, 11) is 1.15. The van der Waals surface area contributed by atoms with Gasteiger partial charge in [0.05, 0.1) is 25.6 Å². The minimum Gasteiger partial charge on any atom is -0.480 e. The number of hydrogen-bond donors (Lipinski definition) is 6. The van der Waals surface area contributed by atoms with Gasteiger partial charge in [-0.15, -0.1) is 0 Å². The maximum absolute atomic E-state index is 12.2. The Labute approximate surface area is 137 Å². The summed E-state index contributed by atoms with van der Waals surface area (Å²) in [5.74, 6) is -3.12. The number of nitrogens with two attached hydrogens (primary N) is 1. The van der Waals surface area contributed by atoms with E-state index in [0.717, 1.165) is 11.9 Å². The highest BCUT2D eigenvalue weighted by molar-refractivity contribution is 5.88. The number of carbonyl (C=O) groups excluding carboxylic acids is 2. The van der Waals surface area contributed by atoms with Crippen LogP contribution in [-0.2, 0) is 19.1 Å². The molecule has 11 nitrogen and oxygen atoms in total. The van der Waals surface area contributed by atoms with Crippen molar-refractivity contribution >= 4 is 17.8 Å². The lowest BCUT2D eigenvalue weighted by Gasteiger charge is -2.40. The second-order valence-corrected chi connectivity index (χ2v) is 5.60. The summed E-state index contributed by atoms with van der Waals surface area (Å²) in [4.78, 5) is 35.0. The van der Waals surface area contributed by atoms with Crippen LogP contribution < -0.4 is 5.73 Å². The molecule has 11 heteroatoms. The maximum Gasteiger partial charge on any atom is 0.326 e. The monoisotopic (exact) mass is 350 g/mol. The number of aliphatic hydroxyl groups is 4. The molecule has 0 aliphatic carbocycles. The number of amides is 2. The van der Waals surface area contributed by atoms with E-state index < -0.39 is 73.8 Å². The second kappa shape index (κ2) is 8.35. The minimum absolute atomic E-state index is 0.527. The highest BCUT2D eigenvalue weighted by atomic mass is 16.5. The van der Waals surface area contributed by atoms with Gasteiger partial charge in [-0.3, -0.25) is 9.59 Å². The predicted molar refractivity (Wildman–Crippen MR) is 76.4 cm³/mol. The van der Waals surface area contributed by atoms with Crippen molar-refractivity contribution in [3.8, 4) is 0 Å². The van der Waals surface area contributed by atoms with Gasteiger partial charge in [-0.05, 0) is 0 Å². The van der Waals surface area contributed by atoms with Gasteiger partial charge in [0.15, 0.2) is 0 Å². The van der Waals surface area contributed by atoms with Gasteiger partial charge in [0, 0.05) is 7.05 Å². The molecule has 0 radical (unpaired) electrons. The van der Waals surface area contributed by atoms with Gasteiger partial charge >= 0.3 is 5.97 Å². The smallest absolute Gasteiger partial charge is 0.326 e. The van der Waals surface area contributed by atoms with Crippen LogP contribution in [0.3, 0.4) is 0 Å². The number of carboxylic acid groups (broad SMARTS) is 1. The quantitative estimate of drug-likeness (QED) is 0.265. The number of carboxylic acids is 1. The largest absolute Gasteiger partial charge is 0.480 e. The molecule has 1 fully saturated rings. The Balaban J connectivity index is 2.80. The Kier molecular flexibility index (Phi) is 7.05. The van der Waals surface area contributed by atoms with Crippen molar-refractivity contribution in [1.29, 1.82) is 0 Å². The summed E-state index contributed by atoms with van der Waals surface area (Å²) in [6.45, 7) is -0.648.